The molecular formula is C33H25BrCl2N2O6. The number of ether oxygens (including phenoxy) is 3. The monoisotopic (exact) mass is 694 g/mol. The Labute approximate surface area is 272 Å². The number of halogens is 3. The number of urea groups is 1. The minimum absolute atomic E-state index is 0.231. The van der Waals surface area contributed by atoms with Gasteiger partial charge in [-0.2, -0.15) is 0 Å². The molecule has 4 aromatic rings. The minimum atomic E-state index is -0.858. The van der Waals surface area contributed by atoms with Gasteiger partial charge in [0.05, 0.1) is 16.8 Å². The molecule has 1 fully saturated rings. The van der Waals surface area contributed by atoms with Gasteiger partial charge >= 0.3 is 6.03 Å². The summed E-state index contributed by atoms with van der Waals surface area (Å²) in [6.45, 7) is 2.66. The van der Waals surface area contributed by atoms with E-state index in [9.17, 15) is 14.4 Å². The van der Waals surface area contributed by atoms with E-state index < -0.39 is 17.8 Å². The maximum absolute atomic E-state index is 13.5. The van der Waals surface area contributed by atoms with Crippen molar-refractivity contribution >= 4 is 68.7 Å². The first-order valence-corrected chi connectivity index (χ1v) is 15.0. The summed E-state index contributed by atoms with van der Waals surface area (Å²) in [6.07, 6.45) is 1.40. The summed E-state index contributed by atoms with van der Waals surface area (Å²) in [4.78, 5) is 39.9. The summed E-state index contributed by atoms with van der Waals surface area (Å²) in [5.74, 6) is -0.233. The van der Waals surface area contributed by atoms with Gasteiger partial charge in [-0.15, -0.1) is 0 Å². The molecule has 1 aliphatic rings. The molecule has 1 heterocycles. The molecule has 4 amide bonds. The number of imide groups is 2. The van der Waals surface area contributed by atoms with Gasteiger partial charge in [-0.1, -0.05) is 53.5 Å². The summed E-state index contributed by atoms with van der Waals surface area (Å²) in [6, 6.07) is 23.5. The number of carbonyl (C=O) groups excluding carboxylic acids is 3. The van der Waals surface area contributed by atoms with E-state index >= 15 is 0 Å². The van der Waals surface area contributed by atoms with Gasteiger partial charge in [-0.05, 0) is 94.7 Å². The fraction of sp³-hybridized carbons (Fsp3) is 0.121. The minimum Gasteiger partial charge on any atom is -0.490 e. The fourth-order valence-electron chi connectivity index (χ4n) is 4.38. The molecular weight excluding hydrogens is 671 g/mol. The van der Waals surface area contributed by atoms with Crippen molar-refractivity contribution in [3.8, 4) is 17.2 Å². The standard InChI is InChI=1S/C33H25BrCl2N2O6/c1-2-42-29-17-21(16-27(34)30(29)44-18-20-6-5-8-23(35)14-20)15-26-31(39)37-33(41)38(32(26)40)24-10-12-25(13-11-24)43-19-22-7-3-4-9-28(22)36/h3-17H,2,18-19H2,1H3,(H,37,39,41)/b26-15+. The second kappa shape index (κ2) is 14.0. The van der Waals surface area contributed by atoms with Crippen molar-refractivity contribution in [2.75, 3.05) is 11.5 Å². The SMILES string of the molecule is CCOc1cc(/C=C2\C(=O)NC(=O)N(c3ccc(OCc4ccccc4Cl)cc3)C2=O)cc(Br)c1OCc1cccc(Cl)c1. The van der Waals surface area contributed by atoms with Crippen LogP contribution in [-0.4, -0.2) is 24.5 Å². The highest BCUT2D eigenvalue weighted by Crippen LogP contribution is 2.38. The highest BCUT2D eigenvalue weighted by Gasteiger charge is 2.37. The van der Waals surface area contributed by atoms with Crippen molar-refractivity contribution in [3.63, 3.8) is 0 Å². The van der Waals surface area contributed by atoms with E-state index in [0.29, 0.717) is 43.9 Å². The Morgan fingerprint density at radius 1 is 0.864 bits per heavy atom. The lowest BCUT2D eigenvalue weighted by Crippen LogP contribution is -2.54. The molecule has 0 radical (unpaired) electrons. The fourth-order valence-corrected chi connectivity index (χ4v) is 5.36. The molecule has 0 aromatic heterocycles. The number of rotatable bonds is 10. The van der Waals surface area contributed by atoms with Crippen molar-refractivity contribution in [2.45, 2.75) is 20.1 Å². The number of hydrogen-bond acceptors (Lipinski definition) is 6. The Morgan fingerprint density at radius 3 is 2.36 bits per heavy atom. The Kier molecular flexibility index (Phi) is 9.89. The number of nitrogens with one attached hydrogen (secondary N) is 1. The first-order chi connectivity index (χ1) is 21.2. The molecule has 5 rings (SSSR count). The number of benzene rings is 4. The average Bonchev–Trinajstić information content (AvgIpc) is 2.99. The van der Waals surface area contributed by atoms with Gasteiger partial charge in [0.15, 0.2) is 11.5 Å². The van der Waals surface area contributed by atoms with Crippen molar-refractivity contribution in [3.05, 3.63) is 122 Å². The van der Waals surface area contributed by atoms with Crippen LogP contribution in [0.5, 0.6) is 17.2 Å². The summed E-state index contributed by atoms with van der Waals surface area (Å²) in [5, 5.41) is 3.42. The number of carbonyl (C=O) groups is 3. The molecule has 1 saturated heterocycles. The molecule has 11 heteroatoms. The van der Waals surface area contributed by atoms with Gasteiger partial charge in [-0.25, -0.2) is 9.69 Å². The Balaban J connectivity index is 1.36. The zero-order valence-electron chi connectivity index (χ0n) is 23.3. The highest BCUT2D eigenvalue weighted by molar-refractivity contribution is 9.10. The van der Waals surface area contributed by atoms with E-state index in [4.69, 9.17) is 37.4 Å². The van der Waals surface area contributed by atoms with E-state index in [0.717, 1.165) is 16.0 Å². The molecule has 1 aliphatic heterocycles. The Hall–Kier alpha value is -4.31. The summed E-state index contributed by atoms with van der Waals surface area (Å²) in [7, 11) is 0. The topological polar surface area (TPSA) is 94.2 Å². The van der Waals surface area contributed by atoms with E-state index in [1.807, 2.05) is 37.3 Å². The third kappa shape index (κ3) is 7.24. The van der Waals surface area contributed by atoms with Crippen LogP contribution < -0.4 is 24.4 Å². The molecule has 224 valence electrons. The lowest BCUT2D eigenvalue weighted by atomic mass is 10.1. The van der Waals surface area contributed by atoms with Crippen LogP contribution in [0.4, 0.5) is 10.5 Å². The van der Waals surface area contributed by atoms with E-state index in [2.05, 4.69) is 21.2 Å². The third-order valence-corrected chi connectivity index (χ3v) is 7.66. The molecule has 0 saturated carbocycles. The average molecular weight is 696 g/mol. The lowest BCUT2D eigenvalue weighted by molar-refractivity contribution is -0.122. The van der Waals surface area contributed by atoms with Crippen LogP contribution in [0.2, 0.25) is 10.0 Å². The second-order valence-electron chi connectivity index (χ2n) is 9.51. The molecule has 0 spiro atoms. The van der Waals surface area contributed by atoms with E-state index in [-0.39, 0.29) is 24.5 Å². The number of hydrogen-bond donors (Lipinski definition) is 1. The molecule has 0 unspecified atom stereocenters. The van der Waals surface area contributed by atoms with Gasteiger partial charge < -0.3 is 14.2 Å². The molecule has 0 bridgehead atoms. The normalized spacial score (nSPS) is 14.0. The molecule has 4 aromatic carbocycles. The largest absolute Gasteiger partial charge is 0.490 e. The predicted molar refractivity (Wildman–Crippen MR) is 172 cm³/mol. The molecule has 0 aliphatic carbocycles. The van der Waals surface area contributed by atoms with E-state index in [1.165, 1.54) is 6.08 Å². The number of amides is 4. The number of barbiturate groups is 1. The molecule has 8 nitrogen and oxygen atoms in total. The van der Waals surface area contributed by atoms with Crippen LogP contribution in [-0.2, 0) is 22.8 Å². The van der Waals surface area contributed by atoms with Crippen molar-refractivity contribution in [1.82, 2.24) is 5.32 Å². The zero-order chi connectivity index (χ0) is 31.2. The van der Waals surface area contributed by atoms with E-state index in [1.54, 1.807) is 54.6 Å². The van der Waals surface area contributed by atoms with Gasteiger partial charge in [-0.3, -0.25) is 14.9 Å². The first-order valence-electron chi connectivity index (χ1n) is 13.4. The van der Waals surface area contributed by atoms with Crippen LogP contribution in [0.1, 0.15) is 23.6 Å². The van der Waals surface area contributed by atoms with Crippen LogP contribution in [0.3, 0.4) is 0 Å². The van der Waals surface area contributed by atoms with Gasteiger partial charge in [0, 0.05) is 15.6 Å². The van der Waals surface area contributed by atoms with Crippen LogP contribution in [0, 0.1) is 0 Å². The van der Waals surface area contributed by atoms with Crippen LogP contribution >= 0.6 is 39.1 Å². The summed E-state index contributed by atoms with van der Waals surface area (Å²) >= 11 is 15.8. The maximum Gasteiger partial charge on any atom is 0.335 e. The highest BCUT2D eigenvalue weighted by atomic mass is 79.9. The molecule has 0 atom stereocenters. The summed E-state index contributed by atoms with van der Waals surface area (Å²) < 4.78 is 18.2. The molecule has 44 heavy (non-hydrogen) atoms. The zero-order valence-corrected chi connectivity index (χ0v) is 26.4. The van der Waals surface area contributed by atoms with Crippen molar-refractivity contribution < 1.29 is 28.6 Å². The van der Waals surface area contributed by atoms with Crippen molar-refractivity contribution in [1.29, 1.82) is 0 Å². The van der Waals surface area contributed by atoms with Gasteiger partial charge in [0.2, 0.25) is 0 Å². The van der Waals surface area contributed by atoms with Gasteiger partial charge in [0.25, 0.3) is 11.8 Å². The first kappa shape index (κ1) is 31.1. The van der Waals surface area contributed by atoms with Crippen LogP contribution in [0.15, 0.2) is 95.0 Å². The number of anilines is 1. The maximum atomic E-state index is 13.5. The lowest BCUT2D eigenvalue weighted by Gasteiger charge is -2.26. The van der Waals surface area contributed by atoms with Crippen molar-refractivity contribution in [2.24, 2.45) is 0 Å². The number of nitrogens with zero attached hydrogens (tertiary/aromatic N) is 1. The quantitative estimate of drug-likeness (QED) is 0.134. The van der Waals surface area contributed by atoms with Crippen LogP contribution in [0.25, 0.3) is 6.08 Å². The Bertz CT molecular complexity index is 1760. The Morgan fingerprint density at radius 2 is 1.64 bits per heavy atom. The smallest absolute Gasteiger partial charge is 0.335 e. The van der Waals surface area contributed by atoms with Gasteiger partial charge in [0.1, 0.15) is 24.5 Å². The second-order valence-corrected chi connectivity index (χ2v) is 11.2. The molecule has 1 N–H and O–H groups in total. The predicted octanol–water partition coefficient (Wildman–Crippen LogP) is 7.98. The summed E-state index contributed by atoms with van der Waals surface area (Å²) in [5.41, 5.74) is 2.19. The third-order valence-electron chi connectivity index (χ3n) is 6.46.